The van der Waals surface area contributed by atoms with Gasteiger partial charge in [-0.3, -0.25) is 4.79 Å². The third kappa shape index (κ3) is 3.16. The molecule has 0 radical (unpaired) electrons. The van der Waals surface area contributed by atoms with Crippen LogP contribution in [0.5, 0.6) is 0 Å². The first-order valence-corrected chi connectivity index (χ1v) is 8.54. The molecule has 4 rings (SSSR count). The Morgan fingerprint density at radius 1 is 1.32 bits per heavy atom. The van der Waals surface area contributed by atoms with Crippen molar-refractivity contribution in [1.82, 2.24) is 15.0 Å². The van der Waals surface area contributed by atoms with E-state index >= 15 is 0 Å². The number of likely N-dealkylation sites (tertiary alicyclic amines) is 1. The standard InChI is InChI=1S/C18H22N4O2.ClH/c1-12(13-6-3-2-4-7-13)22-11-14(10-15(22)23)16-20-17(21-24-16)18(19)8-5-9-18;/h2-4,6-7,12,14H,5,8-11,19H2,1H3;1H. The van der Waals surface area contributed by atoms with Crippen LogP contribution in [-0.4, -0.2) is 27.5 Å². The van der Waals surface area contributed by atoms with Crippen LogP contribution in [0, 0.1) is 0 Å². The lowest BCUT2D eigenvalue weighted by molar-refractivity contribution is -0.129. The highest BCUT2D eigenvalue weighted by atomic mass is 35.5. The van der Waals surface area contributed by atoms with E-state index in [-0.39, 0.29) is 30.3 Å². The molecule has 7 heteroatoms. The van der Waals surface area contributed by atoms with Gasteiger partial charge in [0.2, 0.25) is 11.8 Å². The fourth-order valence-corrected chi connectivity index (χ4v) is 3.57. The topological polar surface area (TPSA) is 85.2 Å². The van der Waals surface area contributed by atoms with Crippen LogP contribution in [0.3, 0.4) is 0 Å². The first kappa shape index (κ1) is 17.9. The Balaban J connectivity index is 0.00000182. The molecule has 134 valence electrons. The van der Waals surface area contributed by atoms with Gasteiger partial charge in [0.15, 0.2) is 5.82 Å². The highest BCUT2D eigenvalue weighted by molar-refractivity contribution is 5.85. The van der Waals surface area contributed by atoms with Crippen LogP contribution in [0.4, 0.5) is 0 Å². The molecule has 0 bridgehead atoms. The SMILES string of the molecule is CC(c1ccccc1)N1CC(c2nc(C3(N)CCC3)no2)CC1=O.Cl. The summed E-state index contributed by atoms with van der Waals surface area (Å²) < 4.78 is 5.43. The number of aromatic nitrogens is 2. The molecule has 2 heterocycles. The van der Waals surface area contributed by atoms with Gasteiger partial charge in [-0.05, 0) is 31.7 Å². The molecule has 2 aromatic rings. The molecule has 2 N–H and O–H groups in total. The Hall–Kier alpha value is -1.92. The van der Waals surface area contributed by atoms with E-state index in [9.17, 15) is 4.79 Å². The van der Waals surface area contributed by atoms with Crippen molar-refractivity contribution in [2.45, 2.75) is 50.1 Å². The number of nitrogens with two attached hydrogens (primary N) is 1. The van der Waals surface area contributed by atoms with Gasteiger partial charge in [-0.1, -0.05) is 35.5 Å². The predicted octanol–water partition coefficient (Wildman–Crippen LogP) is 2.91. The first-order valence-electron chi connectivity index (χ1n) is 8.54. The van der Waals surface area contributed by atoms with E-state index in [2.05, 4.69) is 17.1 Å². The molecule has 1 amide bonds. The molecule has 1 saturated carbocycles. The summed E-state index contributed by atoms with van der Waals surface area (Å²) in [5.41, 5.74) is 6.96. The van der Waals surface area contributed by atoms with Gasteiger partial charge in [-0.15, -0.1) is 12.4 Å². The summed E-state index contributed by atoms with van der Waals surface area (Å²) in [5.74, 6) is 1.21. The van der Waals surface area contributed by atoms with Gasteiger partial charge < -0.3 is 15.2 Å². The fraction of sp³-hybridized carbons (Fsp3) is 0.500. The van der Waals surface area contributed by atoms with Crippen molar-refractivity contribution < 1.29 is 9.32 Å². The summed E-state index contributed by atoms with van der Waals surface area (Å²) in [6, 6.07) is 10.1. The van der Waals surface area contributed by atoms with E-state index in [0.29, 0.717) is 24.7 Å². The molecule has 0 spiro atoms. The van der Waals surface area contributed by atoms with Crippen LogP contribution in [-0.2, 0) is 10.3 Å². The Bertz CT molecular complexity index is 745. The number of carbonyl (C=O) groups excluding carboxylic acids is 1. The van der Waals surface area contributed by atoms with Gasteiger partial charge in [0.05, 0.1) is 17.5 Å². The number of nitrogens with zero attached hydrogens (tertiary/aromatic N) is 3. The van der Waals surface area contributed by atoms with Crippen molar-refractivity contribution in [3.05, 3.63) is 47.6 Å². The van der Waals surface area contributed by atoms with Crippen molar-refractivity contribution in [3.8, 4) is 0 Å². The molecular weight excluding hydrogens is 340 g/mol. The van der Waals surface area contributed by atoms with Crippen molar-refractivity contribution in [2.24, 2.45) is 5.73 Å². The lowest BCUT2D eigenvalue weighted by atomic mass is 9.77. The molecule has 1 aromatic carbocycles. The molecule has 2 fully saturated rings. The average Bonchev–Trinajstić information content (AvgIpc) is 3.20. The molecule has 1 saturated heterocycles. The number of benzene rings is 1. The summed E-state index contributed by atoms with van der Waals surface area (Å²) in [7, 11) is 0. The van der Waals surface area contributed by atoms with Crippen molar-refractivity contribution in [3.63, 3.8) is 0 Å². The molecule has 6 nitrogen and oxygen atoms in total. The monoisotopic (exact) mass is 362 g/mol. The van der Waals surface area contributed by atoms with Gasteiger partial charge in [-0.2, -0.15) is 4.98 Å². The highest BCUT2D eigenvalue weighted by Gasteiger charge is 2.41. The maximum Gasteiger partial charge on any atom is 0.232 e. The Kier molecular flexibility index (Phi) is 4.84. The zero-order valence-corrected chi connectivity index (χ0v) is 15.0. The molecule has 1 aliphatic heterocycles. The number of hydrogen-bond acceptors (Lipinski definition) is 5. The zero-order valence-electron chi connectivity index (χ0n) is 14.2. The minimum absolute atomic E-state index is 0. The molecule has 2 aliphatic rings. The lowest BCUT2D eigenvalue weighted by Crippen LogP contribution is -2.44. The van der Waals surface area contributed by atoms with Crippen LogP contribution in [0.2, 0.25) is 0 Å². The minimum Gasteiger partial charge on any atom is -0.339 e. The fourth-order valence-electron chi connectivity index (χ4n) is 3.57. The second kappa shape index (κ2) is 6.77. The quantitative estimate of drug-likeness (QED) is 0.903. The second-order valence-corrected chi connectivity index (χ2v) is 7.00. The van der Waals surface area contributed by atoms with Crippen LogP contribution in [0.1, 0.15) is 61.8 Å². The van der Waals surface area contributed by atoms with E-state index in [1.807, 2.05) is 35.2 Å². The molecule has 2 unspecified atom stereocenters. The summed E-state index contributed by atoms with van der Waals surface area (Å²) in [4.78, 5) is 18.9. The van der Waals surface area contributed by atoms with Gasteiger partial charge in [-0.25, -0.2) is 0 Å². The summed E-state index contributed by atoms with van der Waals surface area (Å²) in [6.07, 6.45) is 3.31. The lowest BCUT2D eigenvalue weighted by Gasteiger charge is -2.34. The van der Waals surface area contributed by atoms with Crippen LogP contribution in [0.15, 0.2) is 34.9 Å². The van der Waals surface area contributed by atoms with Crippen molar-refractivity contribution >= 4 is 18.3 Å². The zero-order chi connectivity index (χ0) is 16.7. The number of amides is 1. The largest absolute Gasteiger partial charge is 0.339 e. The van der Waals surface area contributed by atoms with Gasteiger partial charge in [0, 0.05) is 13.0 Å². The highest BCUT2D eigenvalue weighted by Crippen LogP contribution is 2.38. The van der Waals surface area contributed by atoms with E-state index in [1.54, 1.807) is 0 Å². The number of hydrogen-bond donors (Lipinski definition) is 1. The van der Waals surface area contributed by atoms with Gasteiger partial charge in [0.1, 0.15) is 0 Å². The summed E-state index contributed by atoms with van der Waals surface area (Å²) >= 11 is 0. The maximum atomic E-state index is 12.5. The van der Waals surface area contributed by atoms with Gasteiger partial charge in [0.25, 0.3) is 0 Å². The Morgan fingerprint density at radius 3 is 2.68 bits per heavy atom. The number of carbonyl (C=O) groups is 1. The number of rotatable bonds is 4. The van der Waals surface area contributed by atoms with E-state index in [4.69, 9.17) is 10.3 Å². The molecule has 25 heavy (non-hydrogen) atoms. The van der Waals surface area contributed by atoms with E-state index in [0.717, 1.165) is 24.8 Å². The smallest absolute Gasteiger partial charge is 0.232 e. The second-order valence-electron chi connectivity index (χ2n) is 7.00. The first-order chi connectivity index (χ1) is 11.6. The normalized spacial score (nSPS) is 23.0. The van der Waals surface area contributed by atoms with Gasteiger partial charge >= 0.3 is 0 Å². The van der Waals surface area contributed by atoms with E-state index in [1.165, 1.54) is 0 Å². The van der Waals surface area contributed by atoms with Crippen molar-refractivity contribution in [2.75, 3.05) is 6.54 Å². The summed E-state index contributed by atoms with van der Waals surface area (Å²) in [6.45, 7) is 2.66. The predicted molar refractivity (Wildman–Crippen MR) is 95.2 cm³/mol. The minimum atomic E-state index is -0.429. The van der Waals surface area contributed by atoms with Crippen molar-refractivity contribution in [1.29, 1.82) is 0 Å². The van der Waals surface area contributed by atoms with Crippen LogP contribution < -0.4 is 5.73 Å². The Labute approximate surface area is 153 Å². The third-order valence-electron chi connectivity index (χ3n) is 5.39. The average molecular weight is 363 g/mol. The molecule has 2 atom stereocenters. The molecular formula is C18H23ClN4O2. The summed E-state index contributed by atoms with van der Waals surface area (Å²) in [5, 5.41) is 4.07. The molecule has 1 aliphatic carbocycles. The number of halogens is 1. The Morgan fingerprint density at radius 2 is 2.04 bits per heavy atom. The third-order valence-corrected chi connectivity index (χ3v) is 5.39. The van der Waals surface area contributed by atoms with Crippen LogP contribution in [0.25, 0.3) is 0 Å². The molecule has 1 aromatic heterocycles. The maximum absolute atomic E-state index is 12.5. The van der Waals surface area contributed by atoms with E-state index < -0.39 is 5.54 Å². The van der Waals surface area contributed by atoms with Crippen LogP contribution >= 0.6 is 12.4 Å².